The Balaban J connectivity index is 1.58. The number of methoxy groups -OCH3 is 1. The molecule has 2 aliphatic carbocycles. The second-order valence-electron chi connectivity index (χ2n) is 8.51. The number of ether oxygens (including phenoxy) is 1. The van der Waals surface area contributed by atoms with Crippen LogP contribution in [0.3, 0.4) is 0 Å². The van der Waals surface area contributed by atoms with Gasteiger partial charge in [0.2, 0.25) is 0 Å². The zero-order valence-corrected chi connectivity index (χ0v) is 19.0. The largest absolute Gasteiger partial charge is 0.380 e. The van der Waals surface area contributed by atoms with E-state index in [9.17, 15) is 30.7 Å². The normalized spacial score (nSPS) is 24.8. The monoisotopic (exact) mass is 480 g/mol. The molecule has 8 nitrogen and oxygen atoms in total. The Kier molecular flexibility index (Phi) is 6.01. The van der Waals surface area contributed by atoms with Crippen LogP contribution in [-0.2, 0) is 42.8 Å². The summed E-state index contributed by atoms with van der Waals surface area (Å²) in [5, 5.41) is 0. The predicted octanol–water partition coefficient (Wildman–Crippen LogP) is 2.98. The first kappa shape index (κ1) is 23.1. The number of hydrogen-bond donors (Lipinski definition) is 2. The molecule has 2 saturated carbocycles. The van der Waals surface area contributed by atoms with Gasteiger partial charge in [0.1, 0.15) is 6.29 Å². The Bertz CT molecular complexity index is 1270. The van der Waals surface area contributed by atoms with E-state index in [2.05, 4.69) is 0 Å². The van der Waals surface area contributed by atoms with Crippen LogP contribution in [0.15, 0.2) is 46.2 Å². The van der Waals surface area contributed by atoms with Gasteiger partial charge in [-0.2, -0.15) is 16.8 Å². The highest BCUT2D eigenvalue weighted by molar-refractivity contribution is 7.86. The van der Waals surface area contributed by atoms with Crippen molar-refractivity contribution in [3.8, 4) is 0 Å². The van der Waals surface area contributed by atoms with Crippen LogP contribution < -0.4 is 0 Å². The molecule has 2 fully saturated rings. The van der Waals surface area contributed by atoms with Crippen molar-refractivity contribution in [2.75, 3.05) is 7.11 Å². The van der Waals surface area contributed by atoms with Crippen molar-refractivity contribution in [1.29, 1.82) is 0 Å². The molecule has 0 aromatic heterocycles. The van der Waals surface area contributed by atoms with Crippen molar-refractivity contribution in [3.05, 3.63) is 58.7 Å². The van der Waals surface area contributed by atoms with E-state index < -0.39 is 20.2 Å². The van der Waals surface area contributed by atoms with Crippen molar-refractivity contribution in [2.24, 2.45) is 11.8 Å². The molecule has 32 heavy (non-hydrogen) atoms. The average Bonchev–Trinajstić information content (AvgIpc) is 3.60. The summed E-state index contributed by atoms with van der Waals surface area (Å²) in [6, 6.07) is 9.57. The summed E-state index contributed by atoms with van der Waals surface area (Å²) in [6.45, 7) is 0.222. The lowest BCUT2D eigenvalue weighted by Crippen LogP contribution is -2.06. The molecule has 0 heterocycles. The van der Waals surface area contributed by atoms with E-state index in [4.69, 9.17) is 4.74 Å². The molecule has 2 N–H and O–H groups in total. The Hall–Kier alpha value is -2.11. The summed E-state index contributed by atoms with van der Waals surface area (Å²) in [7, 11) is -7.36. The van der Waals surface area contributed by atoms with Gasteiger partial charge in [0.15, 0.2) is 0 Å². The maximum atomic E-state index is 12.0. The summed E-state index contributed by atoms with van der Waals surface area (Å²) in [6.07, 6.45) is 2.18. The predicted molar refractivity (Wildman–Crippen MR) is 115 cm³/mol. The number of carbonyl (C=O) groups excluding carboxylic acids is 1. The third-order valence-electron chi connectivity index (χ3n) is 6.37. The molecule has 10 heteroatoms. The molecule has 172 valence electrons. The van der Waals surface area contributed by atoms with E-state index in [-0.39, 0.29) is 46.5 Å². The molecule has 0 bridgehead atoms. The number of aldehydes is 1. The minimum absolute atomic E-state index is 0.0537. The SMILES string of the molecule is COCc1ccc(C2CC2C2CC2c2ccc(CC=O)cc2S(=O)(=O)O)c(S(=O)(=O)O)c1. The minimum atomic E-state index is -4.45. The third-order valence-corrected chi connectivity index (χ3v) is 8.19. The van der Waals surface area contributed by atoms with Gasteiger partial charge in [-0.3, -0.25) is 9.11 Å². The zero-order valence-electron chi connectivity index (χ0n) is 17.3. The first-order valence-electron chi connectivity index (χ1n) is 10.2. The first-order valence-corrected chi connectivity index (χ1v) is 13.1. The summed E-state index contributed by atoms with van der Waals surface area (Å²) in [5.74, 6) is 0.166. The van der Waals surface area contributed by atoms with Crippen LogP contribution >= 0.6 is 0 Å². The van der Waals surface area contributed by atoms with Gasteiger partial charge >= 0.3 is 0 Å². The smallest absolute Gasteiger partial charge is 0.294 e. The average molecular weight is 481 g/mol. The lowest BCUT2D eigenvalue weighted by atomic mass is 10.0. The molecule has 0 aliphatic heterocycles. The topological polar surface area (TPSA) is 135 Å². The van der Waals surface area contributed by atoms with E-state index >= 15 is 0 Å². The molecule has 2 aliphatic rings. The van der Waals surface area contributed by atoms with Crippen molar-refractivity contribution in [3.63, 3.8) is 0 Å². The van der Waals surface area contributed by atoms with Crippen LogP contribution in [0, 0.1) is 11.8 Å². The standard InChI is InChI=1S/C22H24O8S2/c1-30-12-14-3-5-16(22(9-14)32(27,28)29)18-11-20(18)19-10-17(19)15-4-2-13(6-7-23)8-21(15)31(24,25)26/h2-5,7-9,17-20H,6,10-12H2,1H3,(H,24,25,26)(H,27,28,29). The Morgan fingerprint density at radius 1 is 0.875 bits per heavy atom. The maximum Gasteiger partial charge on any atom is 0.294 e. The molecular formula is C22H24O8S2. The van der Waals surface area contributed by atoms with Crippen molar-refractivity contribution < 1.29 is 35.5 Å². The highest BCUT2D eigenvalue weighted by Gasteiger charge is 2.55. The molecule has 2 aromatic carbocycles. The molecule has 4 atom stereocenters. The van der Waals surface area contributed by atoms with E-state index in [0.29, 0.717) is 28.5 Å². The van der Waals surface area contributed by atoms with Crippen LogP contribution in [0.2, 0.25) is 0 Å². The fourth-order valence-corrected chi connectivity index (χ4v) is 6.42. The van der Waals surface area contributed by atoms with E-state index in [1.807, 2.05) is 0 Å². The van der Waals surface area contributed by atoms with Gasteiger partial charge in [0, 0.05) is 13.5 Å². The fraction of sp³-hybridized carbons (Fsp3) is 0.409. The molecular weight excluding hydrogens is 456 g/mol. The maximum absolute atomic E-state index is 12.0. The lowest BCUT2D eigenvalue weighted by Gasteiger charge is -2.11. The van der Waals surface area contributed by atoms with E-state index in [1.54, 1.807) is 24.3 Å². The highest BCUT2D eigenvalue weighted by Crippen LogP contribution is 2.66. The molecule has 0 amide bonds. The highest BCUT2D eigenvalue weighted by atomic mass is 32.2. The zero-order chi connectivity index (χ0) is 23.3. The lowest BCUT2D eigenvalue weighted by molar-refractivity contribution is -0.107. The van der Waals surface area contributed by atoms with E-state index in [1.165, 1.54) is 19.2 Å². The summed E-state index contributed by atoms with van der Waals surface area (Å²) in [4.78, 5) is 10.5. The quantitative estimate of drug-likeness (QED) is 0.413. The van der Waals surface area contributed by atoms with Crippen LogP contribution in [0.1, 0.15) is 46.9 Å². The van der Waals surface area contributed by atoms with Gasteiger partial charge in [0.05, 0.1) is 16.4 Å². The van der Waals surface area contributed by atoms with Gasteiger partial charge in [-0.05, 0) is 70.9 Å². The van der Waals surface area contributed by atoms with Crippen LogP contribution in [0.4, 0.5) is 0 Å². The van der Waals surface area contributed by atoms with Gasteiger partial charge in [-0.1, -0.05) is 24.3 Å². The van der Waals surface area contributed by atoms with Gasteiger partial charge in [0.25, 0.3) is 20.2 Å². The van der Waals surface area contributed by atoms with Gasteiger partial charge < -0.3 is 9.53 Å². The third kappa shape index (κ3) is 4.65. The molecule has 2 aromatic rings. The Morgan fingerprint density at radius 2 is 1.34 bits per heavy atom. The number of carbonyl (C=O) groups is 1. The Morgan fingerprint density at radius 3 is 1.78 bits per heavy atom. The molecule has 0 saturated heterocycles. The first-order chi connectivity index (χ1) is 15.0. The fourth-order valence-electron chi connectivity index (χ4n) is 4.79. The molecule has 4 unspecified atom stereocenters. The second kappa shape index (κ2) is 8.35. The van der Waals surface area contributed by atoms with Crippen molar-refractivity contribution >= 4 is 26.5 Å². The van der Waals surface area contributed by atoms with Crippen LogP contribution in [0.25, 0.3) is 0 Å². The summed E-state index contributed by atoms with van der Waals surface area (Å²) >= 11 is 0. The van der Waals surface area contributed by atoms with Crippen LogP contribution in [-0.4, -0.2) is 39.3 Å². The summed E-state index contributed by atoms with van der Waals surface area (Å²) < 4.78 is 72.2. The second-order valence-corrected chi connectivity index (χ2v) is 11.3. The Labute approximate surface area is 187 Å². The minimum Gasteiger partial charge on any atom is -0.380 e. The summed E-state index contributed by atoms with van der Waals surface area (Å²) in [5.41, 5.74) is 2.22. The molecule has 4 rings (SSSR count). The molecule has 0 spiro atoms. The number of hydrogen-bond acceptors (Lipinski definition) is 6. The van der Waals surface area contributed by atoms with Crippen molar-refractivity contribution in [1.82, 2.24) is 0 Å². The van der Waals surface area contributed by atoms with Crippen molar-refractivity contribution in [2.45, 2.75) is 47.5 Å². The number of rotatable bonds is 9. The van der Waals surface area contributed by atoms with Gasteiger partial charge in [-0.15, -0.1) is 0 Å². The number of benzene rings is 2. The van der Waals surface area contributed by atoms with Gasteiger partial charge in [-0.25, -0.2) is 0 Å². The molecule has 0 radical (unpaired) electrons. The van der Waals surface area contributed by atoms with E-state index in [0.717, 1.165) is 12.8 Å². The van der Waals surface area contributed by atoms with Crippen LogP contribution in [0.5, 0.6) is 0 Å².